The van der Waals surface area contributed by atoms with Gasteiger partial charge in [-0.25, -0.2) is 4.39 Å². The number of hydrogen-bond donors (Lipinski definition) is 0. The Balaban J connectivity index is 1.56. The van der Waals surface area contributed by atoms with Crippen LogP contribution in [0.5, 0.6) is 0 Å². The number of methoxy groups -OCH3 is 1. The van der Waals surface area contributed by atoms with E-state index in [1.165, 1.54) is 19.2 Å². The summed E-state index contributed by atoms with van der Waals surface area (Å²) in [6, 6.07) is 6.21. The Morgan fingerprint density at radius 2 is 1.89 bits per heavy atom. The number of carbonyl (C=O) groups is 1. The van der Waals surface area contributed by atoms with Gasteiger partial charge in [0.05, 0.1) is 35.7 Å². The highest BCUT2D eigenvalue weighted by Crippen LogP contribution is 2.50. The number of aryl methyl sites for hydroxylation is 1. The molecule has 1 unspecified atom stereocenters. The molecule has 0 N–H and O–H groups in total. The summed E-state index contributed by atoms with van der Waals surface area (Å²) in [4.78, 5) is 22.9. The van der Waals surface area contributed by atoms with Crippen molar-refractivity contribution in [3.63, 3.8) is 0 Å². The van der Waals surface area contributed by atoms with Crippen LogP contribution in [-0.2, 0) is 20.0 Å². The molecule has 186 valence electrons. The van der Waals surface area contributed by atoms with Crippen LogP contribution in [0.1, 0.15) is 46.3 Å². The molecule has 35 heavy (non-hydrogen) atoms. The monoisotopic (exact) mass is 532 g/mol. The van der Waals surface area contributed by atoms with E-state index in [1.54, 1.807) is 13.0 Å². The normalized spacial score (nSPS) is 21.8. The maximum absolute atomic E-state index is 14.2. The molecule has 0 fully saturated rings. The van der Waals surface area contributed by atoms with E-state index < -0.39 is 45.7 Å². The summed E-state index contributed by atoms with van der Waals surface area (Å²) >= 11 is 11.5. The van der Waals surface area contributed by atoms with Crippen LogP contribution in [0.25, 0.3) is 0 Å². The number of hydrogen-bond acceptors (Lipinski definition) is 6. The lowest BCUT2D eigenvalue weighted by Crippen LogP contribution is -2.42. The summed E-state index contributed by atoms with van der Waals surface area (Å²) in [5.41, 5.74) is -2.10. The topological polar surface area (TPSA) is 69.5 Å². The number of halogens is 6. The Morgan fingerprint density at radius 3 is 2.46 bits per heavy atom. The van der Waals surface area contributed by atoms with E-state index in [4.69, 9.17) is 37.6 Å². The number of Topliss-reactive ketones (excluding diaryl/α,β-unsaturated/α-hetero) is 1. The van der Waals surface area contributed by atoms with E-state index in [0.29, 0.717) is 29.0 Å². The van der Waals surface area contributed by atoms with Gasteiger partial charge in [0.15, 0.2) is 11.6 Å². The van der Waals surface area contributed by atoms with Crippen LogP contribution in [-0.4, -0.2) is 36.8 Å². The van der Waals surface area contributed by atoms with Crippen LogP contribution in [0.4, 0.5) is 17.6 Å². The molecule has 2 aliphatic rings. The number of nitrogens with zero attached hydrogens (tertiary/aromatic N) is 2. The van der Waals surface area contributed by atoms with Gasteiger partial charge in [-0.05, 0) is 36.2 Å². The van der Waals surface area contributed by atoms with Gasteiger partial charge in [-0.1, -0.05) is 45.6 Å². The summed E-state index contributed by atoms with van der Waals surface area (Å²) in [5, 5.41) is 6.28. The minimum absolute atomic E-state index is 0.00161. The molecule has 0 aromatic heterocycles. The van der Waals surface area contributed by atoms with Crippen molar-refractivity contribution in [2.45, 2.75) is 44.1 Å². The number of ketones is 1. The Hall–Kier alpha value is -2.85. The van der Waals surface area contributed by atoms with E-state index in [-0.39, 0.29) is 17.9 Å². The van der Waals surface area contributed by atoms with Crippen molar-refractivity contribution in [2.75, 3.05) is 7.11 Å². The number of ether oxygens (including phenoxy) is 1. The van der Waals surface area contributed by atoms with E-state index in [2.05, 4.69) is 10.3 Å². The van der Waals surface area contributed by atoms with Crippen LogP contribution >= 0.6 is 23.2 Å². The predicted octanol–water partition coefficient (Wildman–Crippen LogP) is 6.34. The van der Waals surface area contributed by atoms with E-state index in [1.807, 2.05) is 0 Å². The number of alkyl halides is 3. The van der Waals surface area contributed by atoms with Crippen LogP contribution in [0.3, 0.4) is 0 Å². The summed E-state index contributed by atoms with van der Waals surface area (Å²) in [5.74, 6) is -0.847. The van der Waals surface area contributed by atoms with Crippen LogP contribution < -0.4 is 0 Å². The zero-order valence-corrected chi connectivity index (χ0v) is 19.9. The lowest BCUT2D eigenvalue weighted by molar-refractivity contribution is -0.275. The van der Waals surface area contributed by atoms with Gasteiger partial charge < -0.3 is 14.4 Å². The Bertz CT molecular complexity index is 1230. The predicted molar refractivity (Wildman–Crippen MR) is 120 cm³/mol. The Kier molecular flexibility index (Phi) is 6.72. The average Bonchev–Trinajstić information content (AvgIpc) is 3.44. The second kappa shape index (κ2) is 9.31. The van der Waals surface area contributed by atoms with Crippen molar-refractivity contribution in [3.8, 4) is 0 Å². The summed E-state index contributed by atoms with van der Waals surface area (Å²) in [6.45, 7) is 1.66. The third-order valence-electron chi connectivity index (χ3n) is 5.85. The summed E-state index contributed by atoms with van der Waals surface area (Å²) in [7, 11) is 1.46. The molecule has 2 heterocycles. The van der Waals surface area contributed by atoms with Crippen molar-refractivity contribution < 1.29 is 36.8 Å². The van der Waals surface area contributed by atoms with Gasteiger partial charge in [-0.3, -0.25) is 4.79 Å². The molecule has 0 saturated heterocycles. The molecule has 0 aliphatic carbocycles. The first-order valence-electron chi connectivity index (χ1n) is 10.3. The summed E-state index contributed by atoms with van der Waals surface area (Å²) in [6.07, 6.45) is -5.65. The number of benzene rings is 2. The number of rotatable bonds is 5. The van der Waals surface area contributed by atoms with E-state index in [0.717, 1.165) is 12.1 Å². The molecular weight excluding hydrogens is 515 g/mol. The molecular formula is C23H18Cl2F4N2O4. The smallest absolute Gasteiger partial charge is 0.435 e. The van der Waals surface area contributed by atoms with Gasteiger partial charge in [-0.15, -0.1) is 0 Å². The van der Waals surface area contributed by atoms with Gasteiger partial charge >= 0.3 is 6.18 Å². The molecule has 6 nitrogen and oxygen atoms in total. The highest BCUT2D eigenvalue weighted by Gasteiger charge is 2.62. The molecule has 0 bridgehead atoms. The fourth-order valence-electron chi connectivity index (χ4n) is 3.95. The van der Waals surface area contributed by atoms with Gasteiger partial charge in [0.25, 0.3) is 5.60 Å². The largest absolute Gasteiger partial charge is 0.482 e. The highest BCUT2D eigenvalue weighted by atomic mass is 35.5. The van der Waals surface area contributed by atoms with Crippen LogP contribution in [0.15, 0.2) is 40.6 Å². The van der Waals surface area contributed by atoms with Gasteiger partial charge in [0.2, 0.25) is 5.90 Å². The first-order valence-corrected chi connectivity index (χ1v) is 11.1. The third kappa shape index (κ3) is 4.69. The SMILES string of the molecule is COC1=NOC(CC(=O)c2ccc(C3=NO[C@@](c4cc(Cl)c(F)c(Cl)c4)(C(F)(F)F)C3)cc2C)C1. The zero-order valence-electron chi connectivity index (χ0n) is 18.4. The molecule has 0 radical (unpaired) electrons. The van der Waals surface area contributed by atoms with Crippen molar-refractivity contribution in [3.05, 3.63) is 68.4 Å². The molecule has 4 rings (SSSR count). The second-order valence-corrected chi connectivity index (χ2v) is 8.98. The molecule has 2 aliphatic heterocycles. The second-order valence-electron chi connectivity index (χ2n) is 8.16. The highest BCUT2D eigenvalue weighted by molar-refractivity contribution is 6.35. The van der Waals surface area contributed by atoms with E-state index in [9.17, 15) is 22.4 Å². The minimum atomic E-state index is -4.92. The fourth-order valence-corrected chi connectivity index (χ4v) is 4.44. The minimum Gasteiger partial charge on any atom is -0.482 e. The van der Waals surface area contributed by atoms with Gasteiger partial charge in [-0.2, -0.15) is 13.2 Å². The molecule has 12 heteroatoms. The van der Waals surface area contributed by atoms with Crippen molar-refractivity contribution in [1.29, 1.82) is 0 Å². The molecule has 0 spiro atoms. The maximum Gasteiger partial charge on any atom is 0.435 e. The summed E-state index contributed by atoms with van der Waals surface area (Å²) < 4.78 is 61.4. The van der Waals surface area contributed by atoms with Crippen LogP contribution in [0, 0.1) is 12.7 Å². The van der Waals surface area contributed by atoms with Crippen molar-refractivity contribution in [1.82, 2.24) is 0 Å². The standard InChI is InChI=1S/C23H18Cl2F4N2O4/c1-11-5-12(3-4-15(11)19(32)8-14-9-20(33-2)31-34-14)18-10-22(35-30-18,23(27,28)29)13-6-16(24)21(26)17(25)7-13/h3-7,14H,8-10H2,1-2H3/t14?,22-/m0/s1. The molecule has 2 aromatic carbocycles. The molecule has 2 aromatic rings. The molecule has 0 saturated carbocycles. The van der Waals surface area contributed by atoms with E-state index >= 15 is 0 Å². The first kappa shape index (κ1) is 25.2. The Morgan fingerprint density at radius 1 is 1.20 bits per heavy atom. The lowest BCUT2D eigenvalue weighted by Gasteiger charge is -2.29. The van der Waals surface area contributed by atoms with Gasteiger partial charge in [0, 0.05) is 17.5 Å². The molecule has 0 amide bonds. The zero-order chi connectivity index (χ0) is 25.5. The quantitative estimate of drug-likeness (QED) is 0.256. The average molecular weight is 533 g/mol. The first-order chi connectivity index (χ1) is 16.4. The van der Waals surface area contributed by atoms with Gasteiger partial charge in [0.1, 0.15) is 6.10 Å². The number of carbonyl (C=O) groups excluding carboxylic acids is 1. The van der Waals surface area contributed by atoms with Crippen LogP contribution in [0.2, 0.25) is 10.0 Å². The molecule has 2 atom stereocenters. The van der Waals surface area contributed by atoms with Crippen molar-refractivity contribution >= 4 is 40.6 Å². The lowest BCUT2D eigenvalue weighted by atomic mass is 9.86. The fraction of sp³-hybridized carbons (Fsp3) is 0.348. The number of oxime groups is 2. The third-order valence-corrected chi connectivity index (χ3v) is 6.40. The van der Waals surface area contributed by atoms with Crippen molar-refractivity contribution in [2.24, 2.45) is 10.3 Å². The Labute approximate surface area is 207 Å². The maximum atomic E-state index is 14.2.